The number of carbonyl (C=O) groups excluding carboxylic acids is 1. The van der Waals surface area contributed by atoms with Gasteiger partial charge >= 0.3 is 6.16 Å². The van der Waals surface area contributed by atoms with E-state index in [2.05, 4.69) is 10.1 Å². The number of hydrogen-bond acceptors (Lipinski definition) is 5. The van der Waals surface area contributed by atoms with Crippen LogP contribution in [0.4, 0.5) is 4.79 Å². The van der Waals surface area contributed by atoms with E-state index in [1.54, 1.807) is 36.4 Å². The molecule has 0 radical (unpaired) electrons. The molecule has 1 aliphatic rings. The first-order chi connectivity index (χ1) is 13.4. The quantitative estimate of drug-likeness (QED) is 0.469. The average molecular weight is 459 g/mol. The van der Waals surface area contributed by atoms with E-state index in [1.165, 1.54) is 17.3 Å². The Bertz CT molecular complexity index is 1040. The van der Waals surface area contributed by atoms with Crippen LogP contribution in [0.2, 0.25) is 20.1 Å². The first-order valence-electron chi connectivity index (χ1n) is 8.01. The monoisotopic (exact) mass is 457 g/mol. The molecular weight excluding hydrogens is 448 g/mol. The van der Waals surface area contributed by atoms with Crippen molar-refractivity contribution in [2.45, 2.75) is 18.2 Å². The van der Waals surface area contributed by atoms with Gasteiger partial charge in [0.1, 0.15) is 12.7 Å². The molecular formula is C18H11Cl4N3O3. The predicted octanol–water partition coefficient (Wildman–Crippen LogP) is 5.70. The highest BCUT2D eigenvalue weighted by atomic mass is 35.5. The fourth-order valence-corrected chi connectivity index (χ4v) is 4.31. The van der Waals surface area contributed by atoms with Crippen LogP contribution in [0.1, 0.15) is 17.2 Å². The van der Waals surface area contributed by atoms with Gasteiger partial charge in [0, 0.05) is 31.2 Å². The number of nitrogens with zero attached hydrogens (tertiary/aromatic N) is 3. The SMILES string of the molecule is O=C1OC(c2ccc(Cl)cc2Cl)C(Cn2cncn2)(c2ccc(Cl)cc2Cl)O1. The van der Waals surface area contributed by atoms with Gasteiger partial charge in [-0.05, 0) is 24.3 Å². The van der Waals surface area contributed by atoms with Gasteiger partial charge in [-0.25, -0.2) is 14.5 Å². The molecule has 1 aliphatic heterocycles. The lowest BCUT2D eigenvalue weighted by molar-refractivity contribution is 0.00367. The van der Waals surface area contributed by atoms with Gasteiger partial charge in [0.05, 0.1) is 6.54 Å². The number of benzene rings is 2. The number of ether oxygens (including phenoxy) is 2. The lowest BCUT2D eigenvalue weighted by Crippen LogP contribution is -2.37. The van der Waals surface area contributed by atoms with Gasteiger partial charge in [-0.1, -0.05) is 58.5 Å². The Hall–Kier alpha value is -1.99. The van der Waals surface area contributed by atoms with Gasteiger partial charge < -0.3 is 9.47 Å². The third kappa shape index (κ3) is 3.42. The molecule has 10 heteroatoms. The average Bonchev–Trinajstić information content (AvgIpc) is 3.23. The Morgan fingerprint density at radius 3 is 2.39 bits per heavy atom. The van der Waals surface area contributed by atoms with Gasteiger partial charge in [-0.2, -0.15) is 5.10 Å². The fraction of sp³-hybridized carbons (Fsp3) is 0.167. The van der Waals surface area contributed by atoms with Gasteiger partial charge in [0.2, 0.25) is 5.60 Å². The normalized spacial score (nSPS) is 21.4. The highest BCUT2D eigenvalue weighted by molar-refractivity contribution is 6.35. The second-order valence-electron chi connectivity index (χ2n) is 6.12. The number of carbonyl (C=O) groups is 1. The van der Waals surface area contributed by atoms with Gasteiger partial charge in [0.15, 0.2) is 6.10 Å². The molecule has 0 aliphatic carbocycles. The van der Waals surface area contributed by atoms with Crippen LogP contribution in [0.3, 0.4) is 0 Å². The second-order valence-corrected chi connectivity index (χ2v) is 7.81. The Balaban J connectivity index is 1.93. The third-order valence-corrected chi connectivity index (χ3v) is 5.51. The maximum atomic E-state index is 12.3. The molecule has 1 saturated heterocycles. The Morgan fingerprint density at radius 2 is 1.75 bits per heavy atom. The smallest absolute Gasteiger partial charge is 0.421 e. The van der Waals surface area contributed by atoms with Crippen LogP contribution in [-0.2, 0) is 21.6 Å². The van der Waals surface area contributed by atoms with Crippen molar-refractivity contribution in [3.05, 3.63) is 80.3 Å². The fourth-order valence-electron chi connectivity index (χ4n) is 3.23. The van der Waals surface area contributed by atoms with E-state index in [1.807, 2.05) is 0 Å². The zero-order valence-electron chi connectivity index (χ0n) is 14.0. The highest BCUT2D eigenvalue weighted by Crippen LogP contribution is 2.51. The lowest BCUT2D eigenvalue weighted by atomic mass is 9.84. The maximum absolute atomic E-state index is 12.3. The summed E-state index contributed by atoms with van der Waals surface area (Å²) < 4.78 is 12.8. The Labute approximate surface area is 179 Å². The molecule has 2 unspecified atom stereocenters. The van der Waals surface area contributed by atoms with Crippen LogP contribution >= 0.6 is 46.4 Å². The van der Waals surface area contributed by atoms with Crippen LogP contribution in [0.15, 0.2) is 49.1 Å². The molecule has 0 bridgehead atoms. The molecule has 0 spiro atoms. The standard InChI is InChI=1S/C18H11Cl4N3O3/c19-10-1-3-12(14(21)5-10)16-18(28-17(26)27-16,7-25-9-23-8-24-25)13-4-2-11(20)6-15(13)22/h1-6,8-9,16H,7H2. The predicted molar refractivity (Wildman–Crippen MR) is 105 cm³/mol. The largest absolute Gasteiger partial charge is 0.510 e. The molecule has 0 amide bonds. The van der Waals surface area contributed by atoms with Crippen molar-refractivity contribution in [3.63, 3.8) is 0 Å². The number of cyclic esters (lactones) is 2. The summed E-state index contributed by atoms with van der Waals surface area (Å²) in [6, 6.07) is 9.79. The van der Waals surface area contributed by atoms with Crippen molar-refractivity contribution in [3.8, 4) is 0 Å². The summed E-state index contributed by atoms with van der Waals surface area (Å²) in [6.45, 7) is 0.0870. The van der Waals surface area contributed by atoms with E-state index in [4.69, 9.17) is 55.9 Å². The first kappa shape index (κ1) is 19.3. The molecule has 144 valence electrons. The van der Waals surface area contributed by atoms with Crippen molar-refractivity contribution in [2.24, 2.45) is 0 Å². The summed E-state index contributed by atoms with van der Waals surface area (Å²) >= 11 is 24.9. The summed E-state index contributed by atoms with van der Waals surface area (Å²) in [6.07, 6.45) is 1.10. The third-order valence-electron chi connectivity index (χ3n) is 4.40. The molecule has 6 nitrogen and oxygen atoms in total. The zero-order chi connectivity index (χ0) is 19.9. The van der Waals surface area contributed by atoms with Crippen LogP contribution in [0.25, 0.3) is 0 Å². The number of halogens is 4. The molecule has 1 fully saturated rings. The van der Waals surface area contributed by atoms with Gasteiger partial charge in [0.25, 0.3) is 0 Å². The minimum Gasteiger partial charge on any atom is -0.421 e. The summed E-state index contributed by atoms with van der Waals surface area (Å²) in [7, 11) is 0. The zero-order valence-corrected chi connectivity index (χ0v) is 17.0. The summed E-state index contributed by atoms with van der Waals surface area (Å²) in [5.41, 5.74) is -0.344. The molecule has 0 N–H and O–H groups in total. The lowest BCUT2D eigenvalue weighted by Gasteiger charge is -2.32. The molecule has 4 rings (SSSR count). The molecule has 2 aromatic carbocycles. The van der Waals surface area contributed by atoms with Crippen LogP contribution < -0.4 is 0 Å². The second kappa shape index (κ2) is 7.44. The molecule has 28 heavy (non-hydrogen) atoms. The van der Waals surface area contributed by atoms with Crippen molar-refractivity contribution < 1.29 is 14.3 Å². The Kier molecular flexibility index (Phi) is 5.14. The molecule has 1 aromatic heterocycles. The number of hydrogen-bond donors (Lipinski definition) is 0. The van der Waals surface area contributed by atoms with Crippen molar-refractivity contribution >= 4 is 52.6 Å². The van der Waals surface area contributed by atoms with Crippen LogP contribution in [0, 0.1) is 0 Å². The first-order valence-corrected chi connectivity index (χ1v) is 9.53. The van der Waals surface area contributed by atoms with E-state index in [0.29, 0.717) is 31.2 Å². The minimum absolute atomic E-state index is 0.0870. The molecule has 3 aromatic rings. The van der Waals surface area contributed by atoms with E-state index >= 15 is 0 Å². The van der Waals surface area contributed by atoms with Gasteiger partial charge in [-0.3, -0.25) is 0 Å². The van der Waals surface area contributed by atoms with Crippen molar-refractivity contribution in [2.75, 3.05) is 0 Å². The number of aromatic nitrogens is 3. The summed E-state index contributed by atoms with van der Waals surface area (Å²) in [5.74, 6) is 0. The van der Waals surface area contributed by atoms with E-state index < -0.39 is 17.9 Å². The van der Waals surface area contributed by atoms with Gasteiger partial charge in [-0.15, -0.1) is 0 Å². The molecule has 2 atom stereocenters. The Morgan fingerprint density at radius 1 is 1.04 bits per heavy atom. The van der Waals surface area contributed by atoms with Crippen LogP contribution in [0.5, 0.6) is 0 Å². The minimum atomic E-state index is -1.36. The van der Waals surface area contributed by atoms with Crippen LogP contribution in [-0.4, -0.2) is 20.9 Å². The summed E-state index contributed by atoms with van der Waals surface area (Å²) in [5, 5.41) is 5.64. The summed E-state index contributed by atoms with van der Waals surface area (Å²) in [4.78, 5) is 16.2. The topological polar surface area (TPSA) is 66.2 Å². The van der Waals surface area contributed by atoms with E-state index in [-0.39, 0.29) is 6.54 Å². The number of rotatable bonds is 4. The van der Waals surface area contributed by atoms with Crippen molar-refractivity contribution in [1.29, 1.82) is 0 Å². The highest BCUT2D eigenvalue weighted by Gasteiger charge is 2.55. The molecule has 0 saturated carbocycles. The van der Waals surface area contributed by atoms with Crippen molar-refractivity contribution in [1.82, 2.24) is 14.8 Å². The van der Waals surface area contributed by atoms with E-state index in [0.717, 1.165) is 0 Å². The molecule has 2 heterocycles. The maximum Gasteiger partial charge on any atom is 0.510 e. The van der Waals surface area contributed by atoms with E-state index in [9.17, 15) is 4.79 Å².